The van der Waals surface area contributed by atoms with E-state index in [1.807, 2.05) is 54.6 Å². The molecule has 0 aliphatic rings. The van der Waals surface area contributed by atoms with Crippen molar-refractivity contribution in [3.63, 3.8) is 0 Å². The van der Waals surface area contributed by atoms with Crippen LogP contribution < -0.4 is 10.1 Å². The SMILES string of the molecule is CCC(=O)N(Cc1ccc(F)cc1)[C@@H](C(=O)NCc1ccc(OC)cc1)c1ccccc1. The molecule has 0 radical (unpaired) electrons. The molecule has 0 spiro atoms. The summed E-state index contributed by atoms with van der Waals surface area (Å²) in [5.41, 5.74) is 2.37. The highest BCUT2D eigenvalue weighted by Gasteiger charge is 2.30. The molecule has 3 aromatic rings. The molecule has 0 fully saturated rings. The second-order valence-electron chi connectivity index (χ2n) is 7.38. The van der Waals surface area contributed by atoms with Gasteiger partial charge in [0.2, 0.25) is 11.8 Å². The summed E-state index contributed by atoms with van der Waals surface area (Å²) in [6.07, 6.45) is 0.246. The molecule has 0 saturated carbocycles. The minimum Gasteiger partial charge on any atom is -0.497 e. The largest absolute Gasteiger partial charge is 0.497 e. The summed E-state index contributed by atoms with van der Waals surface area (Å²) >= 11 is 0. The Morgan fingerprint density at radius 2 is 1.56 bits per heavy atom. The van der Waals surface area contributed by atoms with Gasteiger partial charge in [-0.05, 0) is 41.0 Å². The third-order valence-corrected chi connectivity index (χ3v) is 5.19. The standard InChI is InChI=1S/C26H27FN2O3/c1-3-24(30)29(18-20-9-13-22(27)14-10-20)25(21-7-5-4-6-8-21)26(31)28-17-19-11-15-23(32-2)16-12-19/h4-16,25H,3,17-18H2,1-2H3,(H,28,31)/t25-/m1/s1. The number of nitrogens with one attached hydrogen (secondary N) is 1. The number of hydrogen-bond acceptors (Lipinski definition) is 3. The quantitative estimate of drug-likeness (QED) is 0.534. The number of ether oxygens (including phenoxy) is 1. The molecule has 0 aliphatic carbocycles. The minimum atomic E-state index is -0.813. The highest BCUT2D eigenvalue weighted by Crippen LogP contribution is 2.25. The number of rotatable bonds is 9. The summed E-state index contributed by atoms with van der Waals surface area (Å²) in [5.74, 6) is -0.0566. The van der Waals surface area contributed by atoms with Crippen LogP contribution >= 0.6 is 0 Å². The van der Waals surface area contributed by atoms with Crippen LogP contribution in [-0.2, 0) is 22.7 Å². The van der Waals surface area contributed by atoms with E-state index in [2.05, 4.69) is 5.32 Å². The van der Waals surface area contributed by atoms with Crippen molar-refractivity contribution in [2.24, 2.45) is 0 Å². The molecular weight excluding hydrogens is 407 g/mol. The first-order chi connectivity index (χ1) is 15.5. The van der Waals surface area contributed by atoms with Crippen LogP contribution in [0.2, 0.25) is 0 Å². The lowest BCUT2D eigenvalue weighted by atomic mass is 10.0. The normalized spacial score (nSPS) is 11.5. The van der Waals surface area contributed by atoms with Crippen molar-refractivity contribution >= 4 is 11.8 Å². The Morgan fingerprint density at radius 3 is 2.16 bits per heavy atom. The lowest BCUT2D eigenvalue weighted by molar-refractivity contribution is -0.141. The first-order valence-electron chi connectivity index (χ1n) is 10.5. The van der Waals surface area contributed by atoms with Crippen LogP contribution in [0.3, 0.4) is 0 Å². The molecule has 166 valence electrons. The molecule has 0 aromatic heterocycles. The van der Waals surface area contributed by atoms with Crippen LogP contribution in [0.1, 0.15) is 36.1 Å². The Labute approximate surface area is 187 Å². The van der Waals surface area contributed by atoms with Crippen molar-refractivity contribution in [1.82, 2.24) is 10.2 Å². The van der Waals surface area contributed by atoms with Gasteiger partial charge in [0, 0.05) is 19.5 Å². The molecular formula is C26H27FN2O3. The van der Waals surface area contributed by atoms with Crippen LogP contribution in [0, 0.1) is 5.82 Å². The van der Waals surface area contributed by atoms with Gasteiger partial charge in [-0.15, -0.1) is 0 Å². The zero-order chi connectivity index (χ0) is 22.9. The second kappa shape index (κ2) is 11.1. The van der Waals surface area contributed by atoms with E-state index >= 15 is 0 Å². The molecule has 3 rings (SSSR count). The maximum atomic E-state index is 13.4. The average Bonchev–Trinajstić information content (AvgIpc) is 2.84. The van der Waals surface area contributed by atoms with Gasteiger partial charge in [-0.25, -0.2) is 4.39 Å². The van der Waals surface area contributed by atoms with E-state index in [0.717, 1.165) is 16.9 Å². The smallest absolute Gasteiger partial charge is 0.247 e. The Hall–Kier alpha value is -3.67. The fourth-order valence-corrected chi connectivity index (χ4v) is 3.45. The molecule has 0 heterocycles. The van der Waals surface area contributed by atoms with Gasteiger partial charge in [0.25, 0.3) is 0 Å². The molecule has 0 aliphatic heterocycles. The maximum Gasteiger partial charge on any atom is 0.247 e. The molecule has 5 nitrogen and oxygen atoms in total. The number of benzene rings is 3. The van der Waals surface area contributed by atoms with Gasteiger partial charge < -0.3 is 15.0 Å². The van der Waals surface area contributed by atoms with Crippen molar-refractivity contribution < 1.29 is 18.7 Å². The Kier molecular flexibility index (Phi) is 7.97. The predicted octanol–water partition coefficient (Wildman–Crippen LogP) is 4.63. The molecule has 0 unspecified atom stereocenters. The first-order valence-corrected chi connectivity index (χ1v) is 10.5. The maximum absolute atomic E-state index is 13.4. The highest BCUT2D eigenvalue weighted by molar-refractivity contribution is 5.88. The summed E-state index contributed by atoms with van der Waals surface area (Å²) in [5, 5.41) is 2.96. The van der Waals surface area contributed by atoms with E-state index in [1.54, 1.807) is 31.1 Å². The fourth-order valence-electron chi connectivity index (χ4n) is 3.45. The van der Waals surface area contributed by atoms with Gasteiger partial charge in [0.1, 0.15) is 17.6 Å². The zero-order valence-corrected chi connectivity index (χ0v) is 18.3. The van der Waals surface area contributed by atoms with Crippen LogP contribution in [0.5, 0.6) is 5.75 Å². The molecule has 32 heavy (non-hydrogen) atoms. The third kappa shape index (κ3) is 5.94. The van der Waals surface area contributed by atoms with Crippen LogP contribution in [-0.4, -0.2) is 23.8 Å². The van der Waals surface area contributed by atoms with Gasteiger partial charge in [-0.2, -0.15) is 0 Å². The van der Waals surface area contributed by atoms with E-state index in [9.17, 15) is 14.0 Å². The number of methoxy groups -OCH3 is 1. The van der Waals surface area contributed by atoms with Gasteiger partial charge in [0.05, 0.1) is 7.11 Å². The number of hydrogen-bond donors (Lipinski definition) is 1. The number of nitrogens with zero attached hydrogens (tertiary/aromatic N) is 1. The summed E-state index contributed by atoms with van der Waals surface area (Å²) in [4.78, 5) is 27.8. The predicted molar refractivity (Wildman–Crippen MR) is 121 cm³/mol. The van der Waals surface area contributed by atoms with E-state index < -0.39 is 6.04 Å². The molecule has 2 amide bonds. The Balaban J connectivity index is 1.86. The fraction of sp³-hybridized carbons (Fsp3) is 0.231. The van der Waals surface area contributed by atoms with E-state index in [-0.39, 0.29) is 30.6 Å². The van der Waals surface area contributed by atoms with E-state index in [4.69, 9.17) is 4.74 Å². The summed E-state index contributed by atoms with van der Waals surface area (Å²) in [6, 6.07) is 21.8. The van der Waals surface area contributed by atoms with Crippen LogP contribution in [0.25, 0.3) is 0 Å². The lowest BCUT2D eigenvalue weighted by Crippen LogP contribution is -2.43. The Bertz CT molecular complexity index is 1020. The highest BCUT2D eigenvalue weighted by atomic mass is 19.1. The summed E-state index contributed by atoms with van der Waals surface area (Å²) in [6.45, 7) is 2.27. The van der Waals surface area contributed by atoms with Crippen molar-refractivity contribution in [3.05, 3.63) is 101 Å². The monoisotopic (exact) mass is 434 g/mol. The first kappa shape index (κ1) is 23.0. The summed E-state index contributed by atoms with van der Waals surface area (Å²) in [7, 11) is 1.60. The third-order valence-electron chi connectivity index (χ3n) is 5.19. The van der Waals surface area contributed by atoms with Crippen molar-refractivity contribution in [2.75, 3.05) is 7.11 Å². The average molecular weight is 435 g/mol. The number of carbonyl (C=O) groups is 2. The van der Waals surface area contributed by atoms with Gasteiger partial charge >= 0.3 is 0 Å². The van der Waals surface area contributed by atoms with Crippen molar-refractivity contribution in [3.8, 4) is 5.75 Å². The topological polar surface area (TPSA) is 58.6 Å². The molecule has 1 atom stereocenters. The molecule has 0 bridgehead atoms. The minimum absolute atomic E-state index is 0.164. The molecule has 0 saturated heterocycles. The summed E-state index contributed by atoms with van der Waals surface area (Å²) < 4.78 is 18.5. The number of carbonyl (C=O) groups excluding carboxylic acids is 2. The van der Waals surface area contributed by atoms with Gasteiger partial charge in [-0.1, -0.05) is 61.5 Å². The molecule has 3 aromatic carbocycles. The van der Waals surface area contributed by atoms with E-state index in [0.29, 0.717) is 12.1 Å². The number of halogens is 1. The van der Waals surface area contributed by atoms with Gasteiger partial charge in [-0.3, -0.25) is 9.59 Å². The van der Waals surface area contributed by atoms with Gasteiger partial charge in [0.15, 0.2) is 0 Å². The van der Waals surface area contributed by atoms with Crippen molar-refractivity contribution in [2.45, 2.75) is 32.5 Å². The van der Waals surface area contributed by atoms with E-state index in [1.165, 1.54) is 12.1 Å². The second-order valence-corrected chi connectivity index (χ2v) is 7.38. The molecule has 1 N–H and O–H groups in total. The van der Waals surface area contributed by atoms with Crippen LogP contribution in [0.15, 0.2) is 78.9 Å². The molecule has 6 heteroatoms. The number of amides is 2. The Morgan fingerprint density at radius 1 is 0.938 bits per heavy atom. The zero-order valence-electron chi connectivity index (χ0n) is 18.3. The lowest BCUT2D eigenvalue weighted by Gasteiger charge is -2.31. The van der Waals surface area contributed by atoms with Crippen LogP contribution in [0.4, 0.5) is 4.39 Å². The van der Waals surface area contributed by atoms with Crippen molar-refractivity contribution in [1.29, 1.82) is 0 Å².